The van der Waals surface area contributed by atoms with E-state index in [2.05, 4.69) is 15.3 Å². The summed E-state index contributed by atoms with van der Waals surface area (Å²) in [6, 6.07) is 1.73. The first-order valence-corrected chi connectivity index (χ1v) is 6.54. The van der Waals surface area contributed by atoms with Gasteiger partial charge in [-0.15, -0.1) is 0 Å². The van der Waals surface area contributed by atoms with Crippen LogP contribution < -0.4 is 10.1 Å². The van der Waals surface area contributed by atoms with Crippen molar-refractivity contribution in [2.45, 2.75) is 25.7 Å². The van der Waals surface area contributed by atoms with Crippen LogP contribution in [0.3, 0.4) is 0 Å². The normalized spacial score (nSPS) is 17.0. The molecule has 0 radical (unpaired) electrons. The van der Waals surface area contributed by atoms with Crippen molar-refractivity contribution in [1.82, 2.24) is 15.3 Å². The summed E-state index contributed by atoms with van der Waals surface area (Å²) in [5.41, 5.74) is 0. The molecular weight excluding hydrogens is 238 g/mol. The van der Waals surface area contributed by atoms with Gasteiger partial charge in [-0.3, -0.25) is 0 Å². The van der Waals surface area contributed by atoms with Crippen molar-refractivity contribution in [2.75, 3.05) is 19.7 Å². The highest BCUT2D eigenvalue weighted by molar-refractivity contribution is 6.28. The van der Waals surface area contributed by atoms with Crippen molar-refractivity contribution in [3.8, 4) is 5.88 Å². The predicted molar refractivity (Wildman–Crippen MR) is 67.4 cm³/mol. The van der Waals surface area contributed by atoms with E-state index >= 15 is 0 Å². The fourth-order valence-electron chi connectivity index (χ4n) is 2.12. The molecule has 1 saturated heterocycles. The predicted octanol–water partition coefficient (Wildman–Crippen LogP) is 2.29. The van der Waals surface area contributed by atoms with Gasteiger partial charge < -0.3 is 10.1 Å². The second-order valence-electron chi connectivity index (χ2n) is 4.35. The highest BCUT2D eigenvalue weighted by Crippen LogP contribution is 2.18. The molecule has 94 valence electrons. The number of nitrogens with one attached hydrogen (secondary N) is 1. The molecule has 0 amide bonds. The number of rotatable bonds is 5. The maximum absolute atomic E-state index is 5.67. The topological polar surface area (TPSA) is 47.0 Å². The summed E-state index contributed by atoms with van der Waals surface area (Å²) in [7, 11) is 0. The number of aromatic nitrogens is 2. The van der Waals surface area contributed by atoms with Gasteiger partial charge in [-0.05, 0) is 56.3 Å². The van der Waals surface area contributed by atoms with Crippen LogP contribution in [0.1, 0.15) is 25.7 Å². The van der Waals surface area contributed by atoms with Crippen molar-refractivity contribution in [3.05, 3.63) is 17.5 Å². The Morgan fingerprint density at radius 1 is 1.41 bits per heavy atom. The molecule has 1 aromatic rings. The molecule has 1 aromatic heterocycles. The molecule has 17 heavy (non-hydrogen) atoms. The van der Waals surface area contributed by atoms with Crippen LogP contribution in [0, 0.1) is 5.92 Å². The van der Waals surface area contributed by atoms with E-state index in [1.165, 1.54) is 19.3 Å². The summed E-state index contributed by atoms with van der Waals surface area (Å²) in [6.45, 7) is 3.03. The van der Waals surface area contributed by atoms with E-state index < -0.39 is 0 Å². The van der Waals surface area contributed by atoms with Crippen LogP contribution in [0.15, 0.2) is 12.3 Å². The molecule has 0 unspecified atom stereocenters. The van der Waals surface area contributed by atoms with E-state index in [1.807, 2.05) is 0 Å². The summed E-state index contributed by atoms with van der Waals surface area (Å²) in [5.74, 6) is 1.42. The van der Waals surface area contributed by atoms with Gasteiger partial charge in [0.15, 0.2) is 0 Å². The smallest absolute Gasteiger partial charge is 0.225 e. The first-order valence-electron chi connectivity index (χ1n) is 6.16. The van der Waals surface area contributed by atoms with Crippen LogP contribution in [0.4, 0.5) is 0 Å². The monoisotopic (exact) mass is 255 g/mol. The standard InChI is InChI=1S/C12H18ClN3O/c13-12-15-8-5-11(16-12)17-9-1-2-10-3-6-14-7-4-10/h5,8,10,14H,1-4,6-7,9H2. The first-order chi connectivity index (χ1) is 8.34. The lowest BCUT2D eigenvalue weighted by Gasteiger charge is -2.22. The van der Waals surface area contributed by atoms with Crippen LogP contribution in [0.2, 0.25) is 5.28 Å². The van der Waals surface area contributed by atoms with E-state index in [9.17, 15) is 0 Å². The van der Waals surface area contributed by atoms with Gasteiger partial charge in [0, 0.05) is 12.3 Å². The van der Waals surface area contributed by atoms with Crippen LogP contribution in [-0.2, 0) is 0 Å². The third-order valence-corrected chi connectivity index (χ3v) is 3.25. The average Bonchev–Trinajstić information content (AvgIpc) is 2.36. The maximum Gasteiger partial charge on any atom is 0.225 e. The van der Waals surface area contributed by atoms with Crippen LogP contribution in [-0.4, -0.2) is 29.7 Å². The quantitative estimate of drug-likeness (QED) is 0.648. The number of piperidine rings is 1. The van der Waals surface area contributed by atoms with Gasteiger partial charge in [-0.25, -0.2) is 4.98 Å². The number of nitrogens with zero attached hydrogens (tertiary/aromatic N) is 2. The summed E-state index contributed by atoms with van der Waals surface area (Å²) < 4.78 is 5.53. The number of hydrogen-bond donors (Lipinski definition) is 1. The molecule has 4 nitrogen and oxygen atoms in total. The minimum atomic E-state index is 0.237. The Balaban J connectivity index is 1.62. The van der Waals surface area contributed by atoms with Gasteiger partial charge in [0.25, 0.3) is 0 Å². The third-order valence-electron chi connectivity index (χ3n) is 3.07. The molecule has 2 heterocycles. The Labute approximate surface area is 107 Å². The number of halogens is 1. The van der Waals surface area contributed by atoms with Crippen molar-refractivity contribution in [3.63, 3.8) is 0 Å². The molecular formula is C12H18ClN3O. The van der Waals surface area contributed by atoms with E-state index in [0.29, 0.717) is 12.5 Å². The van der Waals surface area contributed by atoms with E-state index in [1.54, 1.807) is 12.3 Å². The van der Waals surface area contributed by atoms with Crippen molar-refractivity contribution < 1.29 is 4.74 Å². The molecule has 5 heteroatoms. The largest absolute Gasteiger partial charge is 0.478 e. The molecule has 1 aliphatic rings. The van der Waals surface area contributed by atoms with Crippen LogP contribution in [0.25, 0.3) is 0 Å². The molecule has 0 aliphatic carbocycles. The Morgan fingerprint density at radius 3 is 3.00 bits per heavy atom. The summed E-state index contributed by atoms with van der Waals surface area (Å²) in [6.07, 6.45) is 6.50. The molecule has 0 spiro atoms. The third kappa shape index (κ3) is 4.48. The Kier molecular flexibility index (Phi) is 5.01. The zero-order chi connectivity index (χ0) is 11.9. The molecule has 2 rings (SSSR count). The lowest BCUT2D eigenvalue weighted by molar-refractivity contribution is 0.266. The zero-order valence-corrected chi connectivity index (χ0v) is 10.6. The Morgan fingerprint density at radius 2 is 2.24 bits per heavy atom. The van der Waals surface area contributed by atoms with E-state index in [-0.39, 0.29) is 5.28 Å². The summed E-state index contributed by atoms with van der Waals surface area (Å²) >= 11 is 5.67. The minimum Gasteiger partial charge on any atom is -0.478 e. The minimum absolute atomic E-state index is 0.237. The average molecular weight is 256 g/mol. The highest BCUT2D eigenvalue weighted by Gasteiger charge is 2.12. The molecule has 0 saturated carbocycles. The van der Waals surface area contributed by atoms with E-state index in [4.69, 9.17) is 16.3 Å². The fraction of sp³-hybridized carbons (Fsp3) is 0.667. The second-order valence-corrected chi connectivity index (χ2v) is 4.69. The fourth-order valence-corrected chi connectivity index (χ4v) is 2.26. The van der Waals surface area contributed by atoms with Crippen molar-refractivity contribution in [1.29, 1.82) is 0 Å². The zero-order valence-electron chi connectivity index (χ0n) is 9.86. The molecule has 1 aliphatic heterocycles. The Hall–Kier alpha value is -0.870. The summed E-state index contributed by atoms with van der Waals surface area (Å²) in [4.78, 5) is 7.79. The number of hydrogen-bond acceptors (Lipinski definition) is 4. The van der Waals surface area contributed by atoms with Crippen LogP contribution >= 0.6 is 11.6 Å². The lowest BCUT2D eigenvalue weighted by atomic mass is 9.93. The molecule has 0 atom stereocenters. The highest BCUT2D eigenvalue weighted by atomic mass is 35.5. The van der Waals surface area contributed by atoms with Gasteiger partial charge in [0.1, 0.15) is 0 Å². The molecule has 1 fully saturated rings. The second kappa shape index (κ2) is 6.77. The van der Waals surface area contributed by atoms with Gasteiger partial charge >= 0.3 is 0 Å². The van der Waals surface area contributed by atoms with Crippen molar-refractivity contribution in [2.24, 2.45) is 5.92 Å². The van der Waals surface area contributed by atoms with E-state index in [0.717, 1.165) is 25.4 Å². The maximum atomic E-state index is 5.67. The Bertz CT molecular complexity index is 342. The first kappa shape index (κ1) is 12.6. The van der Waals surface area contributed by atoms with Gasteiger partial charge in [-0.1, -0.05) is 0 Å². The molecule has 0 aromatic carbocycles. The van der Waals surface area contributed by atoms with Gasteiger partial charge in [-0.2, -0.15) is 4.98 Å². The summed E-state index contributed by atoms with van der Waals surface area (Å²) in [5, 5.41) is 3.61. The lowest BCUT2D eigenvalue weighted by Crippen LogP contribution is -2.27. The van der Waals surface area contributed by atoms with Gasteiger partial charge in [0.2, 0.25) is 11.2 Å². The SMILES string of the molecule is Clc1nccc(OCCCC2CCNCC2)n1. The molecule has 0 bridgehead atoms. The number of ether oxygens (including phenoxy) is 1. The van der Waals surface area contributed by atoms with Crippen LogP contribution in [0.5, 0.6) is 5.88 Å². The molecule has 1 N–H and O–H groups in total. The van der Waals surface area contributed by atoms with Crippen molar-refractivity contribution >= 4 is 11.6 Å². The van der Waals surface area contributed by atoms with Gasteiger partial charge in [0.05, 0.1) is 6.61 Å².